The van der Waals surface area contributed by atoms with Crippen molar-refractivity contribution >= 4 is 40.9 Å². The molecule has 0 unspecified atom stereocenters. The molecule has 3 aromatic carbocycles. The molecule has 8 heteroatoms. The van der Waals surface area contributed by atoms with Crippen LogP contribution in [0.2, 0.25) is 0 Å². The summed E-state index contributed by atoms with van der Waals surface area (Å²) in [6.07, 6.45) is 1.85. The molecule has 1 aromatic heterocycles. The number of carbonyl (C=O) groups is 3. The van der Waals surface area contributed by atoms with Gasteiger partial charge in [-0.3, -0.25) is 14.9 Å². The molecule has 38 heavy (non-hydrogen) atoms. The molecular formula is C30H26N4O4. The molecule has 5 rings (SSSR count). The van der Waals surface area contributed by atoms with Crippen molar-refractivity contribution in [2.75, 3.05) is 17.7 Å². The molecule has 8 nitrogen and oxygen atoms in total. The van der Waals surface area contributed by atoms with Gasteiger partial charge in [0.25, 0.3) is 11.8 Å². The largest absolute Gasteiger partial charge is 0.497 e. The molecule has 190 valence electrons. The van der Waals surface area contributed by atoms with Crippen LogP contribution in [-0.2, 0) is 4.79 Å². The number of imide groups is 1. The number of urea groups is 1. The Morgan fingerprint density at radius 1 is 0.947 bits per heavy atom. The first-order valence-corrected chi connectivity index (χ1v) is 12.0. The highest BCUT2D eigenvalue weighted by molar-refractivity contribution is 6.35. The number of aryl methyl sites for hydroxylation is 1. The Labute approximate surface area is 219 Å². The number of hydrogen-bond acceptors (Lipinski definition) is 4. The summed E-state index contributed by atoms with van der Waals surface area (Å²) < 4.78 is 5.08. The smallest absolute Gasteiger partial charge is 0.326 e. The summed E-state index contributed by atoms with van der Waals surface area (Å²) in [4.78, 5) is 41.0. The second-order valence-corrected chi connectivity index (χ2v) is 8.94. The van der Waals surface area contributed by atoms with Crippen molar-refractivity contribution < 1.29 is 19.1 Å². The zero-order chi connectivity index (χ0) is 26.8. The summed E-state index contributed by atoms with van der Waals surface area (Å²) in [6, 6.07) is 20.9. The monoisotopic (exact) mass is 506 g/mol. The van der Waals surface area contributed by atoms with Crippen LogP contribution in [0.5, 0.6) is 5.75 Å². The summed E-state index contributed by atoms with van der Waals surface area (Å²) in [5.41, 5.74) is 7.74. The van der Waals surface area contributed by atoms with Crippen molar-refractivity contribution in [3.05, 3.63) is 101 Å². The number of carbonyl (C=O) groups excluding carboxylic acids is 3. The molecule has 4 amide bonds. The van der Waals surface area contributed by atoms with Gasteiger partial charge in [-0.15, -0.1) is 0 Å². The molecule has 0 fully saturated rings. The van der Waals surface area contributed by atoms with E-state index in [4.69, 9.17) is 4.74 Å². The van der Waals surface area contributed by atoms with Crippen LogP contribution in [0.1, 0.15) is 32.9 Å². The lowest BCUT2D eigenvalue weighted by atomic mass is 10.00. The van der Waals surface area contributed by atoms with Gasteiger partial charge in [0.2, 0.25) is 0 Å². The fraction of sp³-hybridized carbons (Fsp3) is 0.100. The van der Waals surface area contributed by atoms with Crippen LogP contribution >= 0.6 is 0 Å². The van der Waals surface area contributed by atoms with Gasteiger partial charge < -0.3 is 20.4 Å². The first kappa shape index (κ1) is 24.6. The maximum Gasteiger partial charge on any atom is 0.326 e. The van der Waals surface area contributed by atoms with Crippen molar-refractivity contribution in [3.63, 3.8) is 0 Å². The molecule has 2 heterocycles. The lowest BCUT2D eigenvalue weighted by Gasteiger charge is -2.09. The van der Waals surface area contributed by atoms with Gasteiger partial charge in [-0.05, 0) is 67.4 Å². The molecule has 0 bridgehead atoms. The number of aromatic nitrogens is 1. The Balaban J connectivity index is 1.33. The molecule has 4 N–H and O–H groups in total. The highest BCUT2D eigenvalue weighted by Crippen LogP contribution is 2.37. The van der Waals surface area contributed by atoms with Gasteiger partial charge in [0.15, 0.2) is 0 Å². The van der Waals surface area contributed by atoms with E-state index in [1.165, 1.54) is 7.11 Å². The number of anilines is 2. The molecule has 0 radical (unpaired) electrons. The van der Waals surface area contributed by atoms with Crippen molar-refractivity contribution in [1.29, 1.82) is 0 Å². The molecule has 0 saturated carbocycles. The Morgan fingerprint density at radius 2 is 1.68 bits per heavy atom. The van der Waals surface area contributed by atoms with Crippen molar-refractivity contribution in [1.82, 2.24) is 10.3 Å². The number of benzene rings is 3. The number of H-pyrrole nitrogens is 1. The van der Waals surface area contributed by atoms with E-state index in [0.717, 1.165) is 33.6 Å². The van der Waals surface area contributed by atoms with E-state index in [1.54, 1.807) is 42.5 Å². The Bertz CT molecular complexity index is 1580. The Kier molecular flexibility index (Phi) is 6.53. The molecule has 0 saturated heterocycles. The van der Waals surface area contributed by atoms with Gasteiger partial charge in [0.1, 0.15) is 5.75 Å². The topological polar surface area (TPSA) is 112 Å². The molecular weight excluding hydrogens is 480 g/mol. The van der Waals surface area contributed by atoms with E-state index in [9.17, 15) is 14.4 Å². The van der Waals surface area contributed by atoms with Crippen molar-refractivity contribution in [2.45, 2.75) is 13.8 Å². The van der Waals surface area contributed by atoms with E-state index >= 15 is 0 Å². The van der Waals surface area contributed by atoms with Crippen LogP contribution in [0, 0.1) is 13.8 Å². The maximum atomic E-state index is 12.8. The number of rotatable bonds is 5. The lowest BCUT2D eigenvalue weighted by molar-refractivity contribution is -0.110. The van der Waals surface area contributed by atoms with E-state index < -0.39 is 11.9 Å². The second kappa shape index (κ2) is 10.1. The highest BCUT2D eigenvalue weighted by atomic mass is 16.5. The Hall–Kier alpha value is -5.11. The fourth-order valence-corrected chi connectivity index (χ4v) is 4.60. The normalized spacial score (nSPS) is 13.1. The molecule has 1 aliphatic rings. The average molecular weight is 507 g/mol. The number of ether oxygens (including phenoxy) is 1. The first-order valence-electron chi connectivity index (χ1n) is 12.0. The highest BCUT2D eigenvalue weighted by Gasteiger charge is 2.25. The predicted molar refractivity (Wildman–Crippen MR) is 148 cm³/mol. The lowest BCUT2D eigenvalue weighted by Crippen LogP contribution is -2.34. The molecule has 0 aliphatic carbocycles. The SMILES string of the molecule is COc1ccc(C(=O)NC(=O)Nc2ccc3c(c2)NC(=O)C3=Cc2[nH]c(C)c(-c3ccccc3)c2C)cc1. The Morgan fingerprint density at radius 3 is 2.39 bits per heavy atom. The molecule has 0 spiro atoms. The number of methoxy groups -OCH3 is 1. The van der Waals surface area contributed by atoms with Crippen molar-refractivity contribution in [2.24, 2.45) is 0 Å². The number of fused-ring (bicyclic) bond motifs is 1. The van der Waals surface area contributed by atoms with E-state index in [1.807, 2.05) is 38.1 Å². The predicted octanol–water partition coefficient (Wildman–Crippen LogP) is 5.76. The maximum absolute atomic E-state index is 12.8. The van der Waals surface area contributed by atoms with Crippen LogP contribution in [0.25, 0.3) is 22.8 Å². The number of nitrogens with one attached hydrogen (secondary N) is 4. The van der Waals surface area contributed by atoms with Crippen LogP contribution in [0.3, 0.4) is 0 Å². The summed E-state index contributed by atoms with van der Waals surface area (Å²) in [5, 5.41) is 7.79. The van der Waals surface area contributed by atoms with Gasteiger partial charge >= 0.3 is 6.03 Å². The van der Waals surface area contributed by atoms with E-state index in [2.05, 4.69) is 33.1 Å². The summed E-state index contributed by atoms with van der Waals surface area (Å²) >= 11 is 0. The van der Waals surface area contributed by atoms with Gasteiger partial charge in [0.05, 0.1) is 18.4 Å². The summed E-state index contributed by atoms with van der Waals surface area (Å²) in [7, 11) is 1.53. The van der Waals surface area contributed by atoms with Crippen LogP contribution in [0.4, 0.5) is 16.2 Å². The number of amides is 4. The quantitative estimate of drug-likeness (QED) is 0.258. The minimum Gasteiger partial charge on any atom is -0.497 e. The van der Waals surface area contributed by atoms with Crippen LogP contribution in [0.15, 0.2) is 72.8 Å². The standard InChI is InChI=1S/C30H26N4O4/c1-17-25(31-18(2)27(17)19-7-5-4-6-8-19)16-24-23-14-11-21(15-26(23)33-29(24)36)32-30(37)34-28(35)20-9-12-22(38-3)13-10-20/h4-16,31H,1-3H3,(H,33,36)(H2,32,34,35,37). The third-order valence-corrected chi connectivity index (χ3v) is 6.47. The fourth-order valence-electron chi connectivity index (χ4n) is 4.60. The minimum atomic E-state index is -0.684. The van der Waals surface area contributed by atoms with Gasteiger partial charge in [-0.25, -0.2) is 4.79 Å². The average Bonchev–Trinajstić information content (AvgIpc) is 3.38. The second-order valence-electron chi connectivity index (χ2n) is 8.94. The number of aromatic amines is 1. The third-order valence-electron chi connectivity index (χ3n) is 6.47. The summed E-state index contributed by atoms with van der Waals surface area (Å²) in [5.74, 6) is -0.168. The van der Waals surface area contributed by atoms with Gasteiger partial charge in [0, 0.05) is 33.8 Å². The summed E-state index contributed by atoms with van der Waals surface area (Å²) in [6.45, 7) is 4.05. The van der Waals surface area contributed by atoms with Gasteiger partial charge in [-0.1, -0.05) is 36.4 Å². The van der Waals surface area contributed by atoms with Crippen molar-refractivity contribution in [3.8, 4) is 16.9 Å². The molecule has 1 aliphatic heterocycles. The molecule has 0 atom stereocenters. The molecule has 4 aromatic rings. The minimum absolute atomic E-state index is 0.232. The van der Waals surface area contributed by atoms with Gasteiger partial charge in [-0.2, -0.15) is 0 Å². The zero-order valence-corrected chi connectivity index (χ0v) is 21.1. The first-order chi connectivity index (χ1) is 18.3. The van der Waals surface area contributed by atoms with E-state index in [-0.39, 0.29) is 5.91 Å². The number of hydrogen-bond donors (Lipinski definition) is 4. The van der Waals surface area contributed by atoms with E-state index in [0.29, 0.717) is 28.3 Å². The van der Waals surface area contributed by atoms with Crippen LogP contribution < -0.4 is 20.7 Å². The van der Waals surface area contributed by atoms with Crippen LogP contribution in [-0.4, -0.2) is 29.9 Å². The third kappa shape index (κ3) is 4.79. The zero-order valence-electron chi connectivity index (χ0n) is 21.1.